The lowest BCUT2D eigenvalue weighted by Gasteiger charge is -2.24. The van der Waals surface area contributed by atoms with Gasteiger partial charge in [0.15, 0.2) is 5.82 Å². The summed E-state index contributed by atoms with van der Waals surface area (Å²) >= 11 is 0. The molecule has 0 bridgehead atoms. The van der Waals surface area contributed by atoms with Crippen molar-refractivity contribution in [2.45, 2.75) is 20.4 Å². The maximum Gasteiger partial charge on any atom is 0.156 e. The summed E-state index contributed by atoms with van der Waals surface area (Å²) in [6.07, 6.45) is 7.55. The highest BCUT2D eigenvalue weighted by molar-refractivity contribution is 5.86. The van der Waals surface area contributed by atoms with Gasteiger partial charge in [0.1, 0.15) is 11.8 Å². The van der Waals surface area contributed by atoms with Gasteiger partial charge >= 0.3 is 0 Å². The van der Waals surface area contributed by atoms with Crippen molar-refractivity contribution in [3.8, 4) is 0 Å². The van der Waals surface area contributed by atoms with Crippen LogP contribution in [-0.4, -0.2) is 31.3 Å². The Bertz CT molecular complexity index is 798. The Balaban J connectivity index is 1.72. The quantitative estimate of drug-likeness (QED) is 0.787. The number of hydrogen-bond acceptors (Lipinski definition) is 4. The molecule has 0 aliphatic heterocycles. The molecular weight excluding hydrogens is 288 g/mol. The normalized spacial score (nSPS) is 23.3. The van der Waals surface area contributed by atoms with E-state index in [2.05, 4.69) is 43.5 Å². The van der Waals surface area contributed by atoms with Crippen LogP contribution in [0.25, 0.3) is 11.0 Å². The molecule has 0 unspecified atom stereocenters. The van der Waals surface area contributed by atoms with Crippen LogP contribution in [0.15, 0.2) is 31.0 Å². The second kappa shape index (κ2) is 5.37. The number of H-pyrrole nitrogens is 1. The molecule has 4 rings (SSSR count). The van der Waals surface area contributed by atoms with E-state index in [1.807, 2.05) is 31.7 Å². The average Bonchev–Trinajstić information content (AvgIpc) is 3.00. The van der Waals surface area contributed by atoms with Crippen molar-refractivity contribution in [3.05, 3.63) is 36.5 Å². The second-order valence-corrected chi connectivity index (χ2v) is 6.73. The molecule has 0 spiro atoms. The van der Waals surface area contributed by atoms with Crippen LogP contribution < -0.4 is 4.90 Å². The van der Waals surface area contributed by atoms with Crippen LogP contribution in [0.2, 0.25) is 0 Å². The maximum atomic E-state index is 4.62. The number of hydrogen-bond donors (Lipinski definition) is 1. The summed E-state index contributed by atoms with van der Waals surface area (Å²) in [7, 11) is 2.05. The summed E-state index contributed by atoms with van der Waals surface area (Å²) in [6, 6.07) is 2.04. The number of rotatable bonds is 5. The van der Waals surface area contributed by atoms with E-state index < -0.39 is 0 Å². The fourth-order valence-electron chi connectivity index (χ4n) is 3.49. The Morgan fingerprint density at radius 1 is 1.26 bits per heavy atom. The Labute approximate surface area is 135 Å². The van der Waals surface area contributed by atoms with Crippen molar-refractivity contribution in [2.24, 2.45) is 24.8 Å². The van der Waals surface area contributed by atoms with E-state index >= 15 is 0 Å². The highest BCUT2D eigenvalue weighted by Gasteiger charge is 2.43. The van der Waals surface area contributed by atoms with Crippen LogP contribution in [0.1, 0.15) is 19.4 Å². The zero-order valence-electron chi connectivity index (χ0n) is 13.8. The van der Waals surface area contributed by atoms with Gasteiger partial charge in [-0.3, -0.25) is 5.10 Å². The molecule has 1 aliphatic rings. The summed E-state index contributed by atoms with van der Waals surface area (Å²) < 4.78 is 2.10. The van der Waals surface area contributed by atoms with Gasteiger partial charge in [-0.2, -0.15) is 5.10 Å². The molecule has 3 aromatic heterocycles. The zero-order valence-corrected chi connectivity index (χ0v) is 13.8. The first-order chi connectivity index (χ1) is 11.1. The van der Waals surface area contributed by atoms with Gasteiger partial charge in [0.2, 0.25) is 0 Å². The highest BCUT2D eigenvalue weighted by Crippen LogP contribution is 2.46. The molecule has 3 heterocycles. The summed E-state index contributed by atoms with van der Waals surface area (Å²) in [5.74, 6) is 3.31. The van der Waals surface area contributed by atoms with Crippen molar-refractivity contribution >= 4 is 16.9 Å². The van der Waals surface area contributed by atoms with Crippen LogP contribution in [0.5, 0.6) is 0 Å². The minimum Gasteiger partial charge on any atom is -0.350 e. The molecule has 2 atom stereocenters. The smallest absolute Gasteiger partial charge is 0.156 e. The van der Waals surface area contributed by atoms with Crippen LogP contribution in [-0.2, 0) is 13.6 Å². The van der Waals surface area contributed by atoms with E-state index in [1.165, 1.54) is 5.56 Å². The van der Waals surface area contributed by atoms with Crippen molar-refractivity contribution in [2.75, 3.05) is 11.4 Å². The lowest BCUT2D eigenvalue weighted by Crippen LogP contribution is -2.27. The number of nitrogens with zero attached hydrogens (tertiary/aromatic N) is 5. The third-order valence-electron chi connectivity index (χ3n) is 5.34. The predicted molar refractivity (Wildman–Crippen MR) is 90.0 cm³/mol. The maximum absolute atomic E-state index is 4.62. The fraction of sp³-hybridized carbons (Fsp3) is 0.471. The standard InChI is InChI=1S/C17H22N6/c1-11-12(2)14(11)9-23(8-13-6-20-21-7-13)17-16-15(18-10-19-17)4-5-22(16)3/h4-7,10-12,14H,8-9H2,1-3H3,(H,20,21)/t11-,12-/m1/s1. The van der Waals surface area contributed by atoms with Crippen LogP contribution >= 0.6 is 0 Å². The molecular formula is C17H22N6. The van der Waals surface area contributed by atoms with Gasteiger partial charge in [0.25, 0.3) is 0 Å². The molecule has 0 amide bonds. The molecule has 1 saturated carbocycles. The van der Waals surface area contributed by atoms with Crippen LogP contribution in [0.4, 0.5) is 5.82 Å². The molecule has 6 nitrogen and oxygen atoms in total. The first-order valence-corrected chi connectivity index (χ1v) is 8.14. The van der Waals surface area contributed by atoms with E-state index in [0.29, 0.717) is 0 Å². The SMILES string of the molecule is C[C@H]1C(CN(Cc2cn[nH]c2)c2ncnc3ccn(C)c23)[C@@H]1C. The number of aromatic nitrogens is 5. The first-order valence-electron chi connectivity index (χ1n) is 8.14. The summed E-state index contributed by atoms with van der Waals surface area (Å²) in [6.45, 7) is 6.50. The molecule has 0 aromatic carbocycles. The van der Waals surface area contributed by atoms with E-state index in [4.69, 9.17) is 0 Å². The molecule has 120 valence electrons. The third kappa shape index (κ3) is 2.48. The van der Waals surface area contributed by atoms with Crippen LogP contribution in [0, 0.1) is 17.8 Å². The predicted octanol–water partition coefficient (Wildman–Crippen LogP) is 2.60. The molecule has 23 heavy (non-hydrogen) atoms. The monoisotopic (exact) mass is 310 g/mol. The Morgan fingerprint density at radius 3 is 2.78 bits per heavy atom. The van der Waals surface area contributed by atoms with Crippen molar-refractivity contribution < 1.29 is 0 Å². The van der Waals surface area contributed by atoms with E-state index in [-0.39, 0.29) is 0 Å². The highest BCUT2D eigenvalue weighted by atomic mass is 15.2. The largest absolute Gasteiger partial charge is 0.350 e. The van der Waals surface area contributed by atoms with Crippen molar-refractivity contribution in [3.63, 3.8) is 0 Å². The van der Waals surface area contributed by atoms with Crippen molar-refractivity contribution in [1.29, 1.82) is 0 Å². The lowest BCUT2D eigenvalue weighted by atomic mass is 10.2. The number of nitrogens with one attached hydrogen (secondary N) is 1. The Kier molecular flexibility index (Phi) is 3.32. The average molecular weight is 310 g/mol. The number of aromatic amines is 1. The molecule has 3 aromatic rings. The minimum absolute atomic E-state index is 0.729. The zero-order chi connectivity index (χ0) is 16.0. The molecule has 1 fully saturated rings. The molecule has 1 N–H and O–H groups in total. The summed E-state index contributed by atoms with van der Waals surface area (Å²) in [4.78, 5) is 11.4. The topological polar surface area (TPSA) is 62.6 Å². The molecule has 1 aliphatic carbocycles. The number of aryl methyl sites for hydroxylation is 1. The van der Waals surface area contributed by atoms with Gasteiger partial charge in [-0.25, -0.2) is 9.97 Å². The van der Waals surface area contributed by atoms with E-state index in [9.17, 15) is 0 Å². The van der Waals surface area contributed by atoms with E-state index in [0.717, 1.165) is 47.7 Å². The van der Waals surface area contributed by atoms with Crippen LogP contribution in [0.3, 0.4) is 0 Å². The van der Waals surface area contributed by atoms with Crippen molar-refractivity contribution in [1.82, 2.24) is 24.7 Å². The van der Waals surface area contributed by atoms with Gasteiger partial charge in [-0.15, -0.1) is 0 Å². The van der Waals surface area contributed by atoms with Gasteiger partial charge in [0.05, 0.1) is 11.7 Å². The minimum atomic E-state index is 0.729. The Hall–Kier alpha value is -2.37. The van der Waals surface area contributed by atoms with Gasteiger partial charge < -0.3 is 9.47 Å². The summed E-state index contributed by atoms with van der Waals surface area (Å²) in [5, 5.41) is 6.98. The van der Waals surface area contributed by atoms with Gasteiger partial charge in [-0.05, 0) is 23.8 Å². The lowest BCUT2D eigenvalue weighted by molar-refractivity contribution is 0.662. The summed E-state index contributed by atoms with van der Waals surface area (Å²) in [5.41, 5.74) is 3.26. The first kappa shape index (κ1) is 14.2. The second-order valence-electron chi connectivity index (χ2n) is 6.73. The third-order valence-corrected chi connectivity index (χ3v) is 5.34. The van der Waals surface area contributed by atoms with Gasteiger partial charge in [0, 0.05) is 38.1 Å². The van der Waals surface area contributed by atoms with E-state index in [1.54, 1.807) is 6.33 Å². The van der Waals surface area contributed by atoms with Gasteiger partial charge in [-0.1, -0.05) is 13.8 Å². The fourth-order valence-corrected chi connectivity index (χ4v) is 3.49. The number of fused-ring (bicyclic) bond motifs is 1. The Morgan fingerprint density at radius 2 is 2.09 bits per heavy atom. The molecule has 0 saturated heterocycles. The number of anilines is 1. The molecule has 0 radical (unpaired) electrons. The molecule has 6 heteroatoms.